The second-order valence-corrected chi connectivity index (χ2v) is 5.60. The summed E-state index contributed by atoms with van der Waals surface area (Å²) in [6, 6.07) is 5.94. The lowest BCUT2D eigenvalue weighted by molar-refractivity contribution is 0.110. The van der Waals surface area contributed by atoms with E-state index in [1.165, 1.54) is 6.42 Å². The summed E-state index contributed by atoms with van der Waals surface area (Å²) >= 11 is 0. The summed E-state index contributed by atoms with van der Waals surface area (Å²) in [6.45, 7) is 2.82. The molecule has 0 amide bonds. The molecule has 1 aromatic heterocycles. The van der Waals surface area contributed by atoms with Crippen LogP contribution in [-0.4, -0.2) is 36.2 Å². The molecule has 0 spiro atoms. The second kappa shape index (κ2) is 7.21. The quantitative estimate of drug-likeness (QED) is 0.877. The van der Waals surface area contributed by atoms with Crippen molar-refractivity contribution in [3.63, 3.8) is 0 Å². The van der Waals surface area contributed by atoms with Gasteiger partial charge >= 0.3 is 0 Å². The minimum atomic E-state index is 0. The molecular formula is C16H20ClN3O3. The number of H-pyrrole nitrogens is 1. The zero-order valence-electron chi connectivity index (χ0n) is 12.7. The number of hydrogen-bond donors (Lipinski definition) is 2. The molecule has 0 radical (unpaired) electrons. The normalized spacial score (nSPS) is 18.9. The van der Waals surface area contributed by atoms with Gasteiger partial charge in [0.25, 0.3) is 0 Å². The van der Waals surface area contributed by atoms with Crippen molar-refractivity contribution in [1.82, 2.24) is 15.5 Å². The summed E-state index contributed by atoms with van der Waals surface area (Å²) in [5.41, 5.74) is 3.20. The van der Waals surface area contributed by atoms with Crippen LogP contribution >= 0.6 is 12.4 Å². The first-order valence-corrected chi connectivity index (χ1v) is 7.65. The molecule has 1 fully saturated rings. The number of aromatic amines is 1. The first-order chi connectivity index (χ1) is 10.9. The van der Waals surface area contributed by atoms with Crippen molar-refractivity contribution in [3.8, 4) is 22.8 Å². The molecule has 124 valence electrons. The van der Waals surface area contributed by atoms with E-state index in [4.69, 9.17) is 14.2 Å². The highest BCUT2D eigenvalue weighted by Crippen LogP contribution is 2.36. The Morgan fingerprint density at radius 2 is 2.17 bits per heavy atom. The molecule has 0 aliphatic carbocycles. The van der Waals surface area contributed by atoms with Gasteiger partial charge in [0.15, 0.2) is 11.5 Å². The third-order valence-electron chi connectivity index (χ3n) is 4.09. The Kier molecular flexibility index (Phi) is 5.05. The van der Waals surface area contributed by atoms with Crippen LogP contribution in [0.1, 0.15) is 18.4 Å². The van der Waals surface area contributed by atoms with E-state index in [-0.39, 0.29) is 19.2 Å². The van der Waals surface area contributed by atoms with Crippen LogP contribution < -0.4 is 14.8 Å². The summed E-state index contributed by atoms with van der Waals surface area (Å²) in [5, 5.41) is 10.7. The van der Waals surface area contributed by atoms with Crippen LogP contribution in [-0.2, 0) is 11.3 Å². The minimum Gasteiger partial charge on any atom is -0.454 e. The van der Waals surface area contributed by atoms with E-state index in [1.54, 1.807) is 0 Å². The summed E-state index contributed by atoms with van der Waals surface area (Å²) in [6.07, 6.45) is 4.52. The molecule has 23 heavy (non-hydrogen) atoms. The average molecular weight is 338 g/mol. The summed E-state index contributed by atoms with van der Waals surface area (Å²) in [5.74, 6) is 1.58. The van der Waals surface area contributed by atoms with E-state index in [0.717, 1.165) is 54.4 Å². The molecule has 2 aliphatic rings. The highest BCUT2D eigenvalue weighted by atomic mass is 35.5. The number of benzene rings is 1. The van der Waals surface area contributed by atoms with Gasteiger partial charge in [-0.15, -0.1) is 12.4 Å². The van der Waals surface area contributed by atoms with Gasteiger partial charge < -0.3 is 19.5 Å². The monoisotopic (exact) mass is 337 g/mol. The minimum absolute atomic E-state index is 0. The van der Waals surface area contributed by atoms with Gasteiger partial charge in [0.2, 0.25) is 6.79 Å². The number of rotatable bonds is 5. The van der Waals surface area contributed by atoms with Crippen LogP contribution in [0.3, 0.4) is 0 Å². The standard InChI is InChI=1S/C16H19N3O3.ClH/c1-2-13(20-5-1)9-17-7-12-8-18-19-16(12)11-3-4-14-15(6-11)22-10-21-14;/h3-4,6,8,13,17H,1-2,5,7,9-10H2,(H,18,19);1H. The smallest absolute Gasteiger partial charge is 0.231 e. The van der Waals surface area contributed by atoms with Crippen LogP contribution in [0.15, 0.2) is 24.4 Å². The lowest BCUT2D eigenvalue weighted by Gasteiger charge is -2.11. The number of nitrogens with zero attached hydrogens (tertiary/aromatic N) is 1. The fraction of sp³-hybridized carbons (Fsp3) is 0.438. The molecule has 1 aromatic carbocycles. The van der Waals surface area contributed by atoms with E-state index in [0.29, 0.717) is 6.10 Å². The van der Waals surface area contributed by atoms with Crippen LogP contribution in [0, 0.1) is 0 Å². The second-order valence-electron chi connectivity index (χ2n) is 5.60. The van der Waals surface area contributed by atoms with E-state index in [1.807, 2.05) is 24.4 Å². The highest BCUT2D eigenvalue weighted by molar-refractivity contribution is 5.85. The molecule has 0 saturated carbocycles. The number of fused-ring (bicyclic) bond motifs is 1. The molecule has 2 aliphatic heterocycles. The van der Waals surface area contributed by atoms with Gasteiger partial charge in [-0.25, -0.2) is 0 Å². The van der Waals surface area contributed by atoms with E-state index in [2.05, 4.69) is 15.5 Å². The molecule has 1 atom stereocenters. The van der Waals surface area contributed by atoms with Crippen LogP contribution in [0.4, 0.5) is 0 Å². The molecule has 0 bridgehead atoms. The Morgan fingerprint density at radius 1 is 1.26 bits per heavy atom. The predicted octanol–water partition coefficient (Wildman–Crippen LogP) is 2.50. The first-order valence-electron chi connectivity index (χ1n) is 7.65. The van der Waals surface area contributed by atoms with Gasteiger partial charge in [0.1, 0.15) is 0 Å². The average Bonchev–Trinajstić information content (AvgIpc) is 3.28. The summed E-state index contributed by atoms with van der Waals surface area (Å²) < 4.78 is 16.4. The summed E-state index contributed by atoms with van der Waals surface area (Å²) in [7, 11) is 0. The van der Waals surface area contributed by atoms with E-state index in [9.17, 15) is 0 Å². The lowest BCUT2D eigenvalue weighted by atomic mass is 10.1. The maximum atomic E-state index is 5.62. The molecule has 2 aromatic rings. The van der Waals surface area contributed by atoms with Crippen molar-refractivity contribution >= 4 is 12.4 Å². The van der Waals surface area contributed by atoms with Gasteiger partial charge in [-0.2, -0.15) is 5.10 Å². The lowest BCUT2D eigenvalue weighted by Crippen LogP contribution is -2.25. The number of halogens is 1. The molecule has 1 unspecified atom stereocenters. The third kappa shape index (κ3) is 3.44. The molecule has 3 heterocycles. The molecule has 6 nitrogen and oxygen atoms in total. The maximum absolute atomic E-state index is 5.62. The Bertz CT molecular complexity index is 656. The van der Waals surface area contributed by atoms with Crippen molar-refractivity contribution in [2.45, 2.75) is 25.5 Å². The largest absolute Gasteiger partial charge is 0.454 e. The molecule has 1 saturated heterocycles. The Hall–Kier alpha value is -1.76. The van der Waals surface area contributed by atoms with Gasteiger partial charge in [-0.1, -0.05) is 0 Å². The fourth-order valence-corrected chi connectivity index (χ4v) is 2.92. The number of hydrogen-bond acceptors (Lipinski definition) is 5. The Balaban J connectivity index is 0.00000156. The topological polar surface area (TPSA) is 68.4 Å². The van der Waals surface area contributed by atoms with Gasteiger partial charge in [0, 0.05) is 30.8 Å². The Labute approximate surface area is 140 Å². The zero-order valence-corrected chi connectivity index (χ0v) is 13.5. The molecular weight excluding hydrogens is 318 g/mol. The number of nitrogens with one attached hydrogen (secondary N) is 2. The highest BCUT2D eigenvalue weighted by Gasteiger charge is 2.17. The maximum Gasteiger partial charge on any atom is 0.231 e. The van der Waals surface area contributed by atoms with Crippen molar-refractivity contribution in [2.24, 2.45) is 0 Å². The van der Waals surface area contributed by atoms with Gasteiger partial charge in [-0.3, -0.25) is 5.10 Å². The van der Waals surface area contributed by atoms with Crippen LogP contribution in [0.2, 0.25) is 0 Å². The predicted molar refractivity (Wildman–Crippen MR) is 88.1 cm³/mol. The molecule has 2 N–H and O–H groups in total. The van der Waals surface area contributed by atoms with Crippen LogP contribution in [0.25, 0.3) is 11.3 Å². The molecule has 4 rings (SSSR count). The van der Waals surface area contributed by atoms with Crippen molar-refractivity contribution in [1.29, 1.82) is 0 Å². The van der Waals surface area contributed by atoms with Gasteiger partial charge in [0.05, 0.1) is 18.0 Å². The SMILES string of the molecule is Cl.c1cc2c(cc1-c1[nH]ncc1CNCC1CCCO1)OCO2. The first kappa shape index (κ1) is 16.1. The summed E-state index contributed by atoms with van der Waals surface area (Å²) in [4.78, 5) is 0. The van der Waals surface area contributed by atoms with Crippen molar-refractivity contribution in [3.05, 3.63) is 30.0 Å². The van der Waals surface area contributed by atoms with Crippen molar-refractivity contribution < 1.29 is 14.2 Å². The van der Waals surface area contributed by atoms with E-state index >= 15 is 0 Å². The van der Waals surface area contributed by atoms with Crippen molar-refractivity contribution in [2.75, 3.05) is 19.9 Å². The van der Waals surface area contributed by atoms with Crippen LogP contribution in [0.5, 0.6) is 11.5 Å². The van der Waals surface area contributed by atoms with E-state index < -0.39 is 0 Å². The number of ether oxygens (including phenoxy) is 3. The zero-order chi connectivity index (χ0) is 14.8. The Morgan fingerprint density at radius 3 is 3.04 bits per heavy atom. The third-order valence-corrected chi connectivity index (χ3v) is 4.09. The molecule has 7 heteroatoms. The number of aromatic nitrogens is 2. The fourth-order valence-electron chi connectivity index (χ4n) is 2.92. The van der Waals surface area contributed by atoms with Gasteiger partial charge in [-0.05, 0) is 31.0 Å².